The van der Waals surface area contributed by atoms with Crippen LogP contribution in [-0.4, -0.2) is 43.5 Å². The van der Waals surface area contributed by atoms with Crippen molar-refractivity contribution in [2.45, 2.75) is 91.4 Å². The first-order valence-electron chi connectivity index (χ1n) is 10.1. The second kappa shape index (κ2) is 14.4. The minimum Gasteiger partial charge on any atom is -0.417 e. The van der Waals surface area contributed by atoms with Gasteiger partial charge >= 0.3 is 8.80 Å². The molecule has 0 unspecified atom stereocenters. The fraction of sp³-hybridized carbons (Fsp3) is 1.00. The highest BCUT2D eigenvalue weighted by molar-refractivity contribution is 6.73. The number of hydrogen-bond acceptors (Lipinski definition) is 4. The summed E-state index contributed by atoms with van der Waals surface area (Å²) < 4.78 is 23.9. The fourth-order valence-corrected chi connectivity index (χ4v) is 9.28. The molecule has 0 aliphatic carbocycles. The van der Waals surface area contributed by atoms with Gasteiger partial charge in [0.05, 0.1) is 0 Å². The van der Waals surface area contributed by atoms with E-state index in [0.29, 0.717) is 19.8 Å². The highest BCUT2D eigenvalue weighted by Crippen LogP contribution is 2.26. The Morgan fingerprint density at radius 3 is 1.29 bits per heavy atom. The average molecular weight is 379 g/mol. The molecule has 0 aromatic carbocycles. The summed E-state index contributed by atoms with van der Waals surface area (Å²) in [5.41, 5.74) is 0. The Kier molecular flexibility index (Phi) is 14.6. The Labute approximate surface area is 153 Å². The molecular formula is C18H42O4Si2. The van der Waals surface area contributed by atoms with Gasteiger partial charge in [-0.3, -0.25) is 0 Å². The number of rotatable bonds is 17. The average Bonchev–Trinajstić information content (AvgIpc) is 2.58. The van der Waals surface area contributed by atoms with E-state index in [-0.39, 0.29) is 0 Å². The second-order valence-corrected chi connectivity index (χ2v) is 13.5. The SMILES string of the molecule is CCO[Si](CC)(CC)CCCCCC[Si](OCC)(OCC)OCC. The molecule has 0 atom stereocenters. The molecule has 0 saturated heterocycles. The molecule has 24 heavy (non-hydrogen) atoms. The topological polar surface area (TPSA) is 36.9 Å². The molecule has 0 rings (SSSR count). The summed E-state index contributed by atoms with van der Waals surface area (Å²) in [7, 11) is -3.88. The summed E-state index contributed by atoms with van der Waals surface area (Å²) in [5.74, 6) is 0. The van der Waals surface area contributed by atoms with Gasteiger partial charge in [0.15, 0.2) is 8.32 Å². The monoisotopic (exact) mass is 378 g/mol. The zero-order chi connectivity index (χ0) is 18.3. The van der Waals surface area contributed by atoms with Gasteiger partial charge in [-0.15, -0.1) is 0 Å². The molecule has 6 heteroatoms. The molecule has 0 amide bonds. The Bertz CT molecular complexity index is 269. The van der Waals surface area contributed by atoms with Crippen molar-refractivity contribution in [1.82, 2.24) is 0 Å². The van der Waals surface area contributed by atoms with Gasteiger partial charge in [-0.1, -0.05) is 33.1 Å². The Morgan fingerprint density at radius 1 is 0.500 bits per heavy atom. The van der Waals surface area contributed by atoms with E-state index in [1.54, 1.807) is 0 Å². The van der Waals surface area contributed by atoms with E-state index >= 15 is 0 Å². The predicted octanol–water partition coefficient (Wildman–Crippen LogP) is 5.62. The van der Waals surface area contributed by atoms with Crippen molar-refractivity contribution in [3.63, 3.8) is 0 Å². The van der Waals surface area contributed by atoms with Crippen LogP contribution in [0, 0.1) is 0 Å². The molecule has 0 radical (unpaired) electrons. The fourth-order valence-electron chi connectivity index (χ4n) is 3.33. The van der Waals surface area contributed by atoms with Crippen molar-refractivity contribution >= 4 is 17.1 Å². The molecule has 0 bridgehead atoms. The summed E-state index contributed by atoms with van der Waals surface area (Å²) in [6, 6.07) is 4.73. The van der Waals surface area contributed by atoms with Crippen molar-refractivity contribution in [2.24, 2.45) is 0 Å². The van der Waals surface area contributed by atoms with Gasteiger partial charge in [-0.05, 0) is 52.2 Å². The summed E-state index contributed by atoms with van der Waals surface area (Å²) in [6.45, 7) is 15.7. The molecule has 0 N–H and O–H groups in total. The van der Waals surface area contributed by atoms with E-state index in [2.05, 4.69) is 20.8 Å². The van der Waals surface area contributed by atoms with Crippen LogP contribution in [0.15, 0.2) is 0 Å². The molecule has 0 spiro atoms. The molecule has 0 aromatic heterocycles. The lowest BCUT2D eigenvalue weighted by Gasteiger charge is -2.29. The van der Waals surface area contributed by atoms with Crippen LogP contribution in [0.5, 0.6) is 0 Å². The van der Waals surface area contributed by atoms with Gasteiger partial charge in [0, 0.05) is 32.5 Å². The van der Waals surface area contributed by atoms with E-state index in [1.165, 1.54) is 37.4 Å². The maximum Gasteiger partial charge on any atom is 0.500 e. The number of hydrogen-bond donors (Lipinski definition) is 0. The highest BCUT2D eigenvalue weighted by Gasteiger charge is 2.39. The Hall–Kier alpha value is 0.274. The minimum atomic E-state index is -2.43. The van der Waals surface area contributed by atoms with Crippen LogP contribution in [0.4, 0.5) is 0 Å². The van der Waals surface area contributed by atoms with Crippen LogP contribution in [0.2, 0.25) is 24.2 Å². The molecular weight excluding hydrogens is 336 g/mol. The van der Waals surface area contributed by atoms with Crippen LogP contribution in [-0.2, 0) is 17.7 Å². The minimum absolute atomic E-state index is 0.668. The maximum atomic E-state index is 6.17. The maximum absolute atomic E-state index is 6.17. The predicted molar refractivity (Wildman–Crippen MR) is 107 cm³/mol. The lowest BCUT2D eigenvalue weighted by molar-refractivity contribution is 0.0706. The van der Waals surface area contributed by atoms with Crippen LogP contribution in [0.1, 0.15) is 67.2 Å². The molecule has 0 fully saturated rings. The Balaban J connectivity index is 4.20. The van der Waals surface area contributed by atoms with Gasteiger partial charge in [0.1, 0.15) is 0 Å². The second-order valence-electron chi connectivity index (χ2n) is 6.22. The van der Waals surface area contributed by atoms with Crippen LogP contribution in [0.25, 0.3) is 0 Å². The van der Waals surface area contributed by atoms with E-state index in [4.69, 9.17) is 17.7 Å². The molecule has 146 valence electrons. The van der Waals surface area contributed by atoms with Gasteiger partial charge in [-0.2, -0.15) is 0 Å². The van der Waals surface area contributed by atoms with Crippen molar-refractivity contribution in [2.75, 3.05) is 26.4 Å². The third-order valence-electron chi connectivity index (χ3n) is 4.70. The standard InChI is InChI=1S/C18H42O4Si2/c1-7-19-23(11-5,12-6)17-15-13-14-16-18-24(20-8-2,21-9-3)22-10-4/h7-18H2,1-6H3. The van der Waals surface area contributed by atoms with E-state index in [9.17, 15) is 0 Å². The van der Waals surface area contributed by atoms with Gasteiger partial charge in [0.25, 0.3) is 0 Å². The molecule has 0 aliphatic rings. The summed E-state index contributed by atoms with van der Waals surface area (Å²) in [4.78, 5) is 0. The van der Waals surface area contributed by atoms with Gasteiger partial charge in [-0.25, -0.2) is 0 Å². The smallest absolute Gasteiger partial charge is 0.417 e. The zero-order valence-electron chi connectivity index (χ0n) is 17.1. The van der Waals surface area contributed by atoms with Crippen molar-refractivity contribution < 1.29 is 17.7 Å². The lowest BCUT2D eigenvalue weighted by Crippen LogP contribution is -2.45. The normalized spacial score (nSPS) is 12.8. The first kappa shape index (κ1) is 24.3. The van der Waals surface area contributed by atoms with Crippen LogP contribution < -0.4 is 0 Å². The third kappa shape index (κ3) is 9.10. The molecule has 0 heterocycles. The van der Waals surface area contributed by atoms with Crippen molar-refractivity contribution in [3.8, 4) is 0 Å². The highest BCUT2D eigenvalue weighted by atomic mass is 28.4. The molecule has 4 nitrogen and oxygen atoms in total. The lowest BCUT2D eigenvalue weighted by atomic mass is 10.2. The molecule has 0 aromatic rings. The van der Waals surface area contributed by atoms with Gasteiger partial charge in [0.2, 0.25) is 0 Å². The summed E-state index contributed by atoms with van der Waals surface area (Å²) in [5, 5.41) is 0. The quantitative estimate of drug-likeness (QED) is 0.243. The van der Waals surface area contributed by atoms with Crippen LogP contribution in [0.3, 0.4) is 0 Å². The molecule has 0 saturated carbocycles. The van der Waals surface area contributed by atoms with Gasteiger partial charge < -0.3 is 17.7 Å². The Morgan fingerprint density at radius 2 is 0.917 bits per heavy atom. The largest absolute Gasteiger partial charge is 0.500 e. The van der Waals surface area contributed by atoms with Crippen LogP contribution >= 0.6 is 0 Å². The molecule has 0 aliphatic heterocycles. The number of unbranched alkanes of at least 4 members (excludes halogenated alkanes) is 3. The summed E-state index contributed by atoms with van der Waals surface area (Å²) >= 11 is 0. The zero-order valence-corrected chi connectivity index (χ0v) is 19.1. The van der Waals surface area contributed by atoms with E-state index < -0.39 is 17.1 Å². The first-order valence-corrected chi connectivity index (χ1v) is 14.6. The van der Waals surface area contributed by atoms with E-state index in [1.807, 2.05) is 20.8 Å². The van der Waals surface area contributed by atoms with E-state index in [0.717, 1.165) is 19.1 Å². The third-order valence-corrected chi connectivity index (χ3v) is 12.6. The summed E-state index contributed by atoms with van der Waals surface area (Å²) in [6.07, 6.45) is 4.93. The van der Waals surface area contributed by atoms with Crippen molar-refractivity contribution in [3.05, 3.63) is 0 Å². The first-order chi connectivity index (χ1) is 11.6. The van der Waals surface area contributed by atoms with Crippen molar-refractivity contribution in [1.29, 1.82) is 0 Å².